The van der Waals surface area contributed by atoms with Crippen molar-refractivity contribution in [2.45, 2.75) is 0 Å². The average molecular weight is 696 g/mol. The number of nitrogens with zero attached hydrogens (tertiary/aromatic N) is 4. The van der Waals surface area contributed by atoms with Gasteiger partial charge in [-0.2, -0.15) is 0 Å². The van der Waals surface area contributed by atoms with Gasteiger partial charge < -0.3 is 60.0 Å². The van der Waals surface area contributed by atoms with Crippen molar-refractivity contribution in [1.29, 1.82) is 0 Å². The molecule has 0 fully saturated rings. The van der Waals surface area contributed by atoms with Crippen LogP contribution in [0.4, 0.5) is 0 Å². The summed E-state index contributed by atoms with van der Waals surface area (Å²) in [5, 5.41) is 52.2. The Labute approximate surface area is 294 Å². The van der Waals surface area contributed by atoms with Crippen LogP contribution in [0.2, 0.25) is 0 Å². The fourth-order valence-corrected chi connectivity index (χ4v) is 1.21. The zero-order chi connectivity index (χ0) is 29.9. The second-order valence-electron chi connectivity index (χ2n) is 9.43. The molecule has 40 heavy (non-hydrogen) atoms. The van der Waals surface area contributed by atoms with Crippen molar-refractivity contribution in [1.82, 2.24) is 19.6 Å². The summed E-state index contributed by atoms with van der Waals surface area (Å²) in [7, 11) is 23.3. The molecule has 0 aromatic rings. The van der Waals surface area contributed by atoms with Crippen molar-refractivity contribution >= 4 is 35.2 Å². The summed E-state index contributed by atoms with van der Waals surface area (Å²) in [6.07, 6.45) is 0. The first kappa shape index (κ1) is 68.8. The summed E-state index contributed by atoms with van der Waals surface area (Å²) in [5.41, 5.74) is 0. The van der Waals surface area contributed by atoms with Crippen LogP contribution in [0.3, 0.4) is 0 Å². The van der Waals surface area contributed by atoms with Crippen molar-refractivity contribution in [3.63, 3.8) is 0 Å². The zero-order valence-corrected chi connectivity index (χ0v) is 33.9. The molecule has 12 nitrogen and oxygen atoms in total. The Bertz CT molecular complexity index is 273. The fraction of sp³-hybridized carbons (Fsp3) is 1.00. The Hall–Kier alpha value is 1.80. The van der Waals surface area contributed by atoms with Crippen LogP contribution in [0.25, 0.3) is 0 Å². The zero-order valence-electron chi connectivity index (χ0n) is 29.0. The molecule has 0 atom stereocenters. The van der Waals surface area contributed by atoms with E-state index >= 15 is 0 Å². The van der Waals surface area contributed by atoms with E-state index in [4.69, 9.17) is 20.4 Å². The normalized spacial score (nSPS) is 9.00. The summed E-state index contributed by atoms with van der Waals surface area (Å²) in [4.78, 5) is 10.2. The van der Waals surface area contributed by atoms with E-state index in [1.54, 1.807) is 0 Å². The predicted octanol–water partition coefficient (Wildman–Crippen LogP) is -14.1. The van der Waals surface area contributed by atoms with E-state index in [9.17, 15) is 10.2 Å². The summed E-state index contributed by atoms with van der Waals surface area (Å²) in [5.74, 6) is 0. The average Bonchev–Trinajstić information content (AvgIpc) is 2.69. The summed E-state index contributed by atoms with van der Waals surface area (Å²) in [6, 6.07) is 0. The minimum atomic E-state index is 0. The Balaban J connectivity index is -0.0000000331. The van der Waals surface area contributed by atoms with Gasteiger partial charge in [-0.1, -0.05) is 0 Å². The number of quaternary nitrogens is 2. The molecule has 0 aliphatic rings. The fourth-order valence-electron chi connectivity index (χ4n) is 1.21. The standard InChI is InChI=1S/4C4H11NO.2C4H10NO.2GeH.2Li/c6*1-5(2)3-4-6;;;;/h4*6H,3-4H2,1-2H3;2*3-4H2,1-2H3;2*1H;;/q;;;;2*-1;;;2*+1/p+2. The minimum Gasteiger partial charge on any atom is 1.00 e. The molecule has 6 N–H and O–H groups in total. The van der Waals surface area contributed by atoms with E-state index in [0.717, 1.165) is 26.2 Å². The van der Waals surface area contributed by atoms with Gasteiger partial charge in [-0.3, -0.25) is 0 Å². The molecule has 0 unspecified atom stereocenters. The summed E-state index contributed by atoms with van der Waals surface area (Å²) >= 11 is 0. The summed E-state index contributed by atoms with van der Waals surface area (Å²) < 4.78 is 0. The maximum absolute atomic E-state index is 9.70. The van der Waals surface area contributed by atoms with Crippen LogP contribution in [-0.4, -0.2) is 239 Å². The third kappa shape index (κ3) is 153. The number of aliphatic hydroxyl groups excluding tert-OH is 4. The first-order valence-corrected chi connectivity index (χ1v) is 12.4. The Morgan fingerprint density at radius 2 is 0.650 bits per heavy atom. The first-order valence-electron chi connectivity index (χ1n) is 12.4. The number of aliphatic hydroxyl groups is 4. The Morgan fingerprint density at radius 3 is 0.650 bits per heavy atom. The van der Waals surface area contributed by atoms with Crippen LogP contribution in [0.15, 0.2) is 0 Å². The molecule has 16 heteroatoms. The van der Waals surface area contributed by atoms with Crippen molar-refractivity contribution in [3.05, 3.63) is 0 Å². The summed E-state index contributed by atoms with van der Waals surface area (Å²) in [6.45, 7) is 5.64. The Morgan fingerprint density at radius 1 is 0.450 bits per heavy atom. The van der Waals surface area contributed by atoms with Gasteiger partial charge >= 0.3 is 72.9 Å². The molecule has 0 heterocycles. The number of hydrogen-bond donors (Lipinski definition) is 6. The maximum Gasteiger partial charge on any atom is 1.00 e. The van der Waals surface area contributed by atoms with Crippen molar-refractivity contribution < 1.29 is 78.2 Å². The second-order valence-corrected chi connectivity index (χ2v) is 9.43. The van der Waals surface area contributed by atoms with Crippen LogP contribution in [0.5, 0.6) is 0 Å². The molecule has 238 valence electrons. The Kier molecular flexibility index (Phi) is 110. The molecular weight excluding hydrogens is 627 g/mol. The van der Waals surface area contributed by atoms with Crippen molar-refractivity contribution in [3.8, 4) is 0 Å². The first-order chi connectivity index (χ1) is 16.6. The smallest absolute Gasteiger partial charge is 1.00 e. The largest absolute Gasteiger partial charge is 1.00 e. The van der Waals surface area contributed by atoms with Crippen LogP contribution in [0.1, 0.15) is 0 Å². The molecule has 0 spiro atoms. The van der Waals surface area contributed by atoms with Crippen molar-refractivity contribution in [2.75, 3.05) is 163 Å². The third-order valence-corrected chi connectivity index (χ3v) is 3.40. The van der Waals surface area contributed by atoms with Gasteiger partial charge in [0, 0.05) is 13.1 Å². The molecule has 0 saturated heterocycles. The quantitative estimate of drug-likeness (QED) is 0.109. The van der Waals surface area contributed by atoms with Gasteiger partial charge in [0.05, 0.1) is 54.6 Å². The molecule has 0 aliphatic heterocycles. The molecule has 0 saturated carbocycles. The van der Waals surface area contributed by atoms with Gasteiger partial charge in [0.1, 0.15) is 13.1 Å². The van der Waals surface area contributed by atoms with Crippen LogP contribution in [-0.2, 0) is 0 Å². The second kappa shape index (κ2) is 63.9. The number of hydrogen-bond acceptors (Lipinski definition) is 10. The molecule has 0 rings (SSSR count). The number of nitrogens with one attached hydrogen (secondary N) is 2. The van der Waals surface area contributed by atoms with Crippen LogP contribution < -0.4 is 57.7 Å². The van der Waals surface area contributed by atoms with E-state index in [1.165, 1.54) is 9.80 Å². The van der Waals surface area contributed by atoms with Gasteiger partial charge in [0.2, 0.25) is 0 Å². The van der Waals surface area contributed by atoms with E-state index in [-0.39, 0.29) is 99.3 Å². The molecule has 0 amide bonds. The van der Waals surface area contributed by atoms with E-state index < -0.39 is 0 Å². The van der Waals surface area contributed by atoms with Gasteiger partial charge in [0.15, 0.2) is 0 Å². The monoisotopic (exact) mass is 698 g/mol. The van der Waals surface area contributed by atoms with Gasteiger partial charge in [0.25, 0.3) is 0 Å². The molecule has 0 aromatic carbocycles. The minimum absolute atomic E-state index is 0. The van der Waals surface area contributed by atoms with E-state index in [0.29, 0.717) is 26.3 Å². The van der Waals surface area contributed by atoms with Gasteiger partial charge in [-0.15, -0.1) is 13.2 Å². The third-order valence-electron chi connectivity index (χ3n) is 3.40. The van der Waals surface area contributed by atoms with Gasteiger partial charge in [-0.25, -0.2) is 0 Å². The molecule has 6 radical (unpaired) electrons. The number of likely N-dealkylation sites (N-methyl/N-ethyl adjacent to an activating group) is 6. The maximum atomic E-state index is 9.70. The topological polar surface area (TPSA) is 149 Å². The molecule has 0 aliphatic carbocycles. The van der Waals surface area contributed by atoms with Crippen LogP contribution >= 0.6 is 0 Å². The SMILES string of the molecule is CN(C)CCO.CN(C)CCO.CN(C)CC[O-].CN(C)CC[O-].C[NH+](C)CCO.C[NH+](C)CCO.[GeH].[GeH].[Li+].[Li+]. The van der Waals surface area contributed by atoms with Crippen molar-refractivity contribution in [2.24, 2.45) is 0 Å². The predicted molar refractivity (Wildman–Crippen MR) is 162 cm³/mol. The van der Waals surface area contributed by atoms with E-state index in [2.05, 4.69) is 0 Å². The van der Waals surface area contributed by atoms with Gasteiger partial charge in [-0.05, 0) is 69.5 Å². The number of rotatable bonds is 12. The molecular formula is C24H68Ge2Li2N6O6+2. The van der Waals surface area contributed by atoms with E-state index in [1.807, 2.05) is 104 Å². The molecule has 0 aromatic heterocycles. The van der Waals surface area contributed by atoms with Crippen LogP contribution in [0, 0.1) is 0 Å². The molecule has 0 bridgehead atoms.